The van der Waals surface area contributed by atoms with E-state index in [0.29, 0.717) is 32.6 Å². The Labute approximate surface area is 130 Å². The molecule has 0 atom stereocenters. The van der Waals surface area contributed by atoms with Crippen LogP contribution in [0.25, 0.3) is 0 Å². The molecule has 0 N–H and O–H groups in total. The highest BCUT2D eigenvalue weighted by Crippen LogP contribution is 2.14. The third-order valence-corrected chi connectivity index (χ3v) is 5.59. The van der Waals surface area contributed by atoms with Crippen molar-refractivity contribution in [3.8, 4) is 0 Å². The first kappa shape index (κ1) is 16.3. The van der Waals surface area contributed by atoms with Gasteiger partial charge in [0.2, 0.25) is 15.9 Å². The van der Waals surface area contributed by atoms with E-state index in [9.17, 15) is 13.2 Å². The fourth-order valence-corrected chi connectivity index (χ4v) is 4.11. The third kappa shape index (κ3) is 4.43. The van der Waals surface area contributed by atoms with Gasteiger partial charge in [-0.25, -0.2) is 8.42 Å². The number of amides is 1. The highest BCUT2D eigenvalue weighted by atomic mass is 35.5. The number of hydrogen-bond acceptors (Lipinski definition) is 3. The van der Waals surface area contributed by atoms with Crippen LogP contribution in [0, 0.1) is 0 Å². The van der Waals surface area contributed by atoms with Gasteiger partial charge in [-0.1, -0.05) is 30.3 Å². The van der Waals surface area contributed by atoms with Crippen molar-refractivity contribution in [3.63, 3.8) is 0 Å². The molecular formula is C14H19ClN2O3S. The number of alkyl halides is 1. The summed E-state index contributed by atoms with van der Waals surface area (Å²) in [6.07, 6.45) is 0.636. The molecule has 0 bridgehead atoms. The second-order valence-electron chi connectivity index (χ2n) is 5.01. The number of nitrogens with zero attached hydrogens (tertiary/aromatic N) is 2. The molecule has 0 saturated carbocycles. The lowest BCUT2D eigenvalue weighted by atomic mass is 10.2. The standard InChI is InChI=1S/C14H19ClN2O3S/c15-11-14(18)16-7-4-8-17(10-9-16)21(19,20)12-13-5-2-1-3-6-13/h1-3,5-6H,4,7-12H2. The van der Waals surface area contributed by atoms with Crippen LogP contribution >= 0.6 is 11.6 Å². The lowest BCUT2D eigenvalue weighted by Gasteiger charge is -2.21. The minimum absolute atomic E-state index is 0.00269. The molecule has 1 aromatic rings. The molecule has 0 aromatic heterocycles. The lowest BCUT2D eigenvalue weighted by Crippen LogP contribution is -2.38. The Bertz CT molecular complexity index is 577. The summed E-state index contributed by atoms with van der Waals surface area (Å²) >= 11 is 5.55. The molecule has 1 aromatic carbocycles. The van der Waals surface area contributed by atoms with E-state index < -0.39 is 10.0 Å². The second kappa shape index (κ2) is 7.24. The van der Waals surface area contributed by atoms with E-state index >= 15 is 0 Å². The van der Waals surface area contributed by atoms with Crippen molar-refractivity contribution < 1.29 is 13.2 Å². The zero-order valence-electron chi connectivity index (χ0n) is 11.7. The van der Waals surface area contributed by atoms with Crippen LogP contribution in [0.4, 0.5) is 0 Å². The maximum absolute atomic E-state index is 12.5. The van der Waals surface area contributed by atoms with Crippen LogP contribution in [0.5, 0.6) is 0 Å². The van der Waals surface area contributed by atoms with Crippen LogP contribution in [0.2, 0.25) is 0 Å². The van der Waals surface area contributed by atoms with Crippen LogP contribution in [-0.4, -0.2) is 55.6 Å². The molecular weight excluding hydrogens is 312 g/mol. The van der Waals surface area contributed by atoms with Gasteiger partial charge in [0.05, 0.1) is 5.75 Å². The van der Waals surface area contributed by atoms with Crippen molar-refractivity contribution in [2.75, 3.05) is 32.1 Å². The minimum atomic E-state index is -3.35. The van der Waals surface area contributed by atoms with Gasteiger partial charge in [0.25, 0.3) is 0 Å². The van der Waals surface area contributed by atoms with Crippen molar-refractivity contribution in [2.24, 2.45) is 0 Å². The fourth-order valence-electron chi connectivity index (χ4n) is 2.38. The molecule has 2 rings (SSSR count). The average Bonchev–Trinajstić information content (AvgIpc) is 2.73. The van der Waals surface area contributed by atoms with Gasteiger partial charge in [-0.2, -0.15) is 4.31 Å². The smallest absolute Gasteiger partial charge is 0.237 e. The number of carbonyl (C=O) groups excluding carboxylic acids is 1. The first-order valence-corrected chi connectivity index (χ1v) is 9.03. The number of carbonyl (C=O) groups is 1. The molecule has 0 radical (unpaired) electrons. The van der Waals surface area contributed by atoms with Gasteiger partial charge in [-0.05, 0) is 12.0 Å². The predicted octanol–water partition coefficient (Wildman–Crippen LogP) is 1.29. The molecule has 21 heavy (non-hydrogen) atoms. The van der Waals surface area contributed by atoms with E-state index in [1.807, 2.05) is 18.2 Å². The molecule has 0 spiro atoms. The predicted molar refractivity (Wildman–Crippen MR) is 82.6 cm³/mol. The summed E-state index contributed by atoms with van der Waals surface area (Å²) in [7, 11) is -3.35. The van der Waals surface area contributed by atoms with E-state index in [4.69, 9.17) is 11.6 Å². The van der Waals surface area contributed by atoms with E-state index in [1.165, 1.54) is 4.31 Å². The summed E-state index contributed by atoms with van der Waals surface area (Å²) in [4.78, 5) is 13.2. The summed E-state index contributed by atoms with van der Waals surface area (Å²) in [6.45, 7) is 1.74. The zero-order chi connectivity index (χ0) is 15.3. The van der Waals surface area contributed by atoms with Gasteiger partial charge >= 0.3 is 0 Å². The van der Waals surface area contributed by atoms with Gasteiger partial charge in [0.15, 0.2) is 0 Å². The molecule has 1 aliphatic heterocycles. The number of rotatable bonds is 4. The zero-order valence-corrected chi connectivity index (χ0v) is 13.3. The molecule has 1 fully saturated rings. The summed E-state index contributed by atoms with van der Waals surface area (Å²) in [5.74, 6) is -0.201. The number of hydrogen-bond donors (Lipinski definition) is 0. The van der Waals surface area contributed by atoms with Gasteiger partial charge in [-0.3, -0.25) is 4.79 Å². The van der Waals surface area contributed by atoms with Gasteiger partial charge < -0.3 is 4.90 Å². The lowest BCUT2D eigenvalue weighted by molar-refractivity contribution is -0.128. The van der Waals surface area contributed by atoms with Crippen LogP contribution in [0.1, 0.15) is 12.0 Å². The second-order valence-corrected chi connectivity index (χ2v) is 7.25. The quantitative estimate of drug-likeness (QED) is 0.782. The monoisotopic (exact) mass is 330 g/mol. The van der Waals surface area contributed by atoms with Crippen molar-refractivity contribution in [1.82, 2.24) is 9.21 Å². The molecule has 0 aliphatic carbocycles. The minimum Gasteiger partial charge on any atom is -0.340 e. The Morgan fingerprint density at radius 1 is 1.10 bits per heavy atom. The highest BCUT2D eigenvalue weighted by molar-refractivity contribution is 7.88. The molecule has 1 amide bonds. The summed E-state index contributed by atoms with van der Waals surface area (Å²) in [5.41, 5.74) is 0.774. The number of halogens is 1. The first-order valence-electron chi connectivity index (χ1n) is 6.88. The summed E-state index contributed by atoms with van der Waals surface area (Å²) in [6, 6.07) is 9.12. The van der Waals surface area contributed by atoms with Crippen molar-refractivity contribution in [2.45, 2.75) is 12.2 Å². The molecule has 7 heteroatoms. The largest absolute Gasteiger partial charge is 0.340 e. The van der Waals surface area contributed by atoms with Crippen molar-refractivity contribution in [3.05, 3.63) is 35.9 Å². The Morgan fingerprint density at radius 2 is 1.81 bits per heavy atom. The van der Waals surface area contributed by atoms with E-state index in [2.05, 4.69) is 0 Å². The van der Waals surface area contributed by atoms with Crippen molar-refractivity contribution in [1.29, 1.82) is 0 Å². The Kier molecular flexibility index (Phi) is 5.61. The van der Waals surface area contributed by atoms with Gasteiger partial charge in [0, 0.05) is 26.2 Å². The molecule has 0 unspecified atom stereocenters. The SMILES string of the molecule is O=C(CCl)N1CCCN(S(=O)(=O)Cc2ccccc2)CC1. The highest BCUT2D eigenvalue weighted by Gasteiger charge is 2.26. The Morgan fingerprint density at radius 3 is 2.48 bits per heavy atom. The van der Waals surface area contributed by atoms with Crippen LogP contribution in [-0.2, 0) is 20.6 Å². The van der Waals surface area contributed by atoms with E-state index in [-0.39, 0.29) is 17.5 Å². The fraction of sp³-hybridized carbons (Fsp3) is 0.500. The van der Waals surface area contributed by atoms with Crippen LogP contribution in [0.3, 0.4) is 0 Å². The maximum Gasteiger partial charge on any atom is 0.237 e. The van der Waals surface area contributed by atoms with Crippen molar-refractivity contribution >= 4 is 27.5 Å². The normalized spacial score (nSPS) is 17.5. The Hall–Kier alpha value is -1.11. The molecule has 1 heterocycles. The molecule has 1 aliphatic rings. The van der Waals surface area contributed by atoms with Crippen LogP contribution in [0.15, 0.2) is 30.3 Å². The average molecular weight is 331 g/mol. The van der Waals surface area contributed by atoms with Gasteiger partial charge in [0.1, 0.15) is 5.88 Å². The third-order valence-electron chi connectivity index (χ3n) is 3.51. The first-order chi connectivity index (χ1) is 10.0. The number of sulfonamides is 1. The van der Waals surface area contributed by atoms with E-state index in [0.717, 1.165) is 5.56 Å². The van der Waals surface area contributed by atoms with Gasteiger partial charge in [-0.15, -0.1) is 11.6 Å². The van der Waals surface area contributed by atoms with E-state index in [1.54, 1.807) is 17.0 Å². The van der Waals surface area contributed by atoms with Crippen LogP contribution < -0.4 is 0 Å². The number of benzene rings is 1. The maximum atomic E-state index is 12.5. The molecule has 116 valence electrons. The molecule has 1 saturated heterocycles. The molecule has 5 nitrogen and oxygen atoms in total. The summed E-state index contributed by atoms with van der Waals surface area (Å²) < 4.78 is 26.4. The summed E-state index contributed by atoms with van der Waals surface area (Å²) in [5, 5.41) is 0. The Balaban J connectivity index is 2.02. The topological polar surface area (TPSA) is 57.7 Å².